The minimum atomic E-state index is 0.412. The molecule has 0 radical (unpaired) electrons. The van der Waals surface area contributed by atoms with Gasteiger partial charge in [0.25, 0.3) is 0 Å². The lowest BCUT2D eigenvalue weighted by atomic mass is 9.75. The van der Waals surface area contributed by atoms with E-state index in [0.29, 0.717) is 17.0 Å². The third-order valence-electron chi connectivity index (χ3n) is 7.05. The third-order valence-corrected chi connectivity index (χ3v) is 7.05. The molecule has 1 saturated carbocycles. The zero-order chi connectivity index (χ0) is 22.1. The molecule has 1 aliphatic rings. The molecule has 3 rings (SSSR count). The third kappa shape index (κ3) is 5.77. The number of hydrogen-bond donors (Lipinski definition) is 0. The summed E-state index contributed by atoms with van der Waals surface area (Å²) in [6, 6.07) is 17.5. The Balaban J connectivity index is 1.80. The van der Waals surface area contributed by atoms with E-state index in [2.05, 4.69) is 62.4 Å². The molecule has 1 aliphatic carbocycles. The van der Waals surface area contributed by atoms with Crippen LogP contribution in [0, 0.1) is 28.6 Å². The van der Waals surface area contributed by atoms with Crippen LogP contribution in [0.5, 0.6) is 0 Å². The summed E-state index contributed by atoms with van der Waals surface area (Å²) in [6.45, 7) is 4.48. The van der Waals surface area contributed by atoms with Crippen LogP contribution in [0.1, 0.15) is 106 Å². The van der Waals surface area contributed by atoms with Crippen LogP contribution in [-0.2, 0) is 6.42 Å². The van der Waals surface area contributed by atoms with Gasteiger partial charge in [-0.1, -0.05) is 82.3 Å². The van der Waals surface area contributed by atoms with Crippen LogP contribution in [0.3, 0.4) is 0 Å². The maximum Gasteiger partial charge on any atom is 0.101 e. The summed E-state index contributed by atoms with van der Waals surface area (Å²) in [5, 5.41) is 19.9. The maximum atomic E-state index is 9.96. The van der Waals surface area contributed by atoms with E-state index in [1.165, 1.54) is 56.9 Å². The summed E-state index contributed by atoms with van der Waals surface area (Å²) in [4.78, 5) is 0. The maximum absolute atomic E-state index is 9.96. The van der Waals surface area contributed by atoms with Gasteiger partial charge in [0.15, 0.2) is 0 Å². The Hall–Kier alpha value is -2.58. The van der Waals surface area contributed by atoms with E-state index in [1.54, 1.807) is 0 Å². The highest BCUT2D eigenvalue weighted by atomic mass is 14.3. The Morgan fingerprint density at radius 3 is 2.06 bits per heavy atom. The number of aryl methyl sites for hydroxylation is 1. The SMILES string of the molecule is CCCCCc1ccc(-c2ccc([C@H]3CC[C@H](CCCC)CC3)c(C#N)c2C#N)cc1. The molecule has 162 valence electrons. The molecule has 0 heterocycles. The van der Waals surface area contributed by atoms with Crippen molar-refractivity contribution in [3.05, 3.63) is 58.7 Å². The standard InChI is InChI=1S/C29H36N2/c1-3-5-7-9-23-12-16-25(17-13-23)27-19-18-26(28(20-30)29(27)21-31)24-14-10-22(11-15-24)8-6-4-2/h12-13,16-19,22,24H,3-11,14-15H2,1-2H3/t22-,24-. The van der Waals surface area contributed by atoms with Crippen molar-refractivity contribution in [1.29, 1.82) is 10.5 Å². The van der Waals surface area contributed by atoms with E-state index in [-0.39, 0.29) is 0 Å². The Kier molecular flexibility index (Phi) is 8.73. The molecule has 2 nitrogen and oxygen atoms in total. The van der Waals surface area contributed by atoms with Gasteiger partial charge in [0.2, 0.25) is 0 Å². The van der Waals surface area contributed by atoms with Gasteiger partial charge in [-0.05, 0) is 67.1 Å². The Labute approximate surface area is 188 Å². The van der Waals surface area contributed by atoms with Crippen LogP contribution in [-0.4, -0.2) is 0 Å². The fourth-order valence-corrected chi connectivity index (χ4v) is 5.12. The molecule has 2 aromatic rings. The topological polar surface area (TPSA) is 47.6 Å². The number of nitriles is 2. The van der Waals surface area contributed by atoms with Gasteiger partial charge in [0, 0.05) is 5.56 Å². The van der Waals surface area contributed by atoms with Crippen molar-refractivity contribution in [2.45, 2.75) is 90.4 Å². The first-order valence-corrected chi connectivity index (χ1v) is 12.3. The van der Waals surface area contributed by atoms with Crippen LogP contribution in [0.4, 0.5) is 0 Å². The van der Waals surface area contributed by atoms with Crippen LogP contribution in [0.25, 0.3) is 11.1 Å². The summed E-state index contributed by atoms with van der Waals surface area (Å²) in [5.74, 6) is 1.25. The summed E-state index contributed by atoms with van der Waals surface area (Å²) in [7, 11) is 0. The van der Waals surface area contributed by atoms with Crippen molar-refractivity contribution >= 4 is 0 Å². The highest BCUT2D eigenvalue weighted by Gasteiger charge is 2.26. The lowest BCUT2D eigenvalue weighted by Gasteiger charge is -2.29. The molecule has 0 amide bonds. The van der Waals surface area contributed by atoms with Crippen molar-refractivity contribution in [3.63, 3.8) is 0 Å². The van der Waals surface area contributed by atoms with Crippen LogP contribution in [0.15, 0.2) is 36.4 Å². The lowest BCUT2D eigenvalue weighted by molar-refractivity contribution is 0.304. The largest absolute Gasteiger partial charge is 0.192 e. The molecule has 0 bridgehead atoms. The Morgan fingerprint density at radius 1 is 0.774 bits per heavy atom. The fraction of sp³-hybridized carbons (Fsp3) is 0.517. The molecular formula is C29H36N2. The highest BCUT2D eigenvalue weighted by Crippen LogP contribution is 2.40. The average molecular weight is 413 g/mol. The minimum absolute atomic E-state index is 0.412. The Bertz CT molecular complexity index is 919. The van der Waals surface area contributed by atoms with Gasteiger partial charge in [0.1, 0.15) is 12.1 Å². The van der Waals surface area contributed by atoms with E-state index < -0.39 is 0 Å². The summed E-state index contributed by atoms with van der Waals surface area (Å²) in [6.07, 6.45) is 13.5. The number of rotatable bonds is 9. The van der Waals surface area contributed by atoms with E-state index in [1.807, 2.05) is 0 Å². The van der Waals surface area contributed by atoms with Gasteiger partial charge >= 0.3 is 0 Å². The monoisotopic (exact) mass is 412 g/mol. The molecule has 31 heavy (non-hydrogen) atoms. The first-order valence-electron chi connectivity index (χ1n) is 12.3. The quantitative estimate of drug-likeness (QED) is 0.389. The Morgan fingerprint density at radius 2 is 1.45 bits per heavy atom. The van der Waals surface area contributed by atoms with Crippen molar-refractivity contribution in [2.24, 2.45) is 5.92 Å². The fourth-order valence-electron chi connectivity index (χ4n) is 5.12. The molecule has 0 unspecified atom stereocenters. The van der Waals surface area contributed by atoms with Gasteiger partial charge in [-0.2, -0.15) is 10.5 Å². The number of nitrogens with zero attached hydrogens (tertiary/aromatic N) is 2. The van der Waals surface area contributed by atoms with Gasteiger partial charge < -0.3 is 0 Å². The number of hydrogen-bond acceptors (Lipinski definition) is 2. The van der Waals surface area contributed by atoms with Gasteiger partial charge in [-0.15, -0.1) is 0 Å². The van der Waals surface area contributed by atoms with Crippen LogP contribution < -0.4 is 0 Å². The van der Waals surface area contributed by atoms with Crippen LogP contribution in [0.2, 0.25) is 0 Å². The van der Waals surface area contributed by atoms with Crippen LogP contribution >= 0.6 is 0 Å². The second kappa shape index (κ2) is 11.7. The molecule has 0 atom stereocenters. The predicted molar refractivity (Wildman–Crippen MR) is 129 cm³/mol. The molecule has 0 saturated heterocycles. The first-order chi connectivity index (χ1) is 15.2. The molecular weight excluding hydrogens is 376 g/mol. The highest BCUT2D eigenvalue weighted by molar-refractivity contribution is 5.75. The van der Waals surface area contributed by atoms with E-state index in [9.17, 15) is 10.5 Å². The van der Waals surface area contributed by atoms with Gasteiger partial charge in [0.05, 0.1) is 11.1 Å². The lowest BCUT2D eigenvalue weighted by Crippen LogP contribution is -2.15. The van der Waals surface area contributed by atoms with Crippen molar-refractivity contribution in [2.75, 3.05) is 0 Å². The molecule has 2 heteroatoms. The molecule has 0 spiro atoms. The van der Waals surface area contributed by atoms with Gasteiger partial charge in [-0.3, -0.25) is 0 Å². The van der Waals surface area contributed by atoms with E-state index >= 15 is 0 Å². The number of unbranched alkanes of at least 4 members (excludes halogenated alkanes) is 3. The van der Waals surface area contributed by atoms with Gasteiger partial charge in [-0.25, -0.2) is 0 Å². The first kappa shape index (κ1) is 23.1. The normalized spacial score (nSPS) is 18.3. The molecule has 1 fully saturated rings. The zero-order valence-corrected chi connectivity index (χ0v) is 19.3. The zero-order valence-electron chi connectivity index (χ0n) is 19.3. The van der Waals surface area contributed by atoms with Crippen molar-refractivity contribution < 1.29 is 0 Å². The predicted octanol–water partition coefficient (Wildman–Crippen LogP) is 8.29. The summed E-state index contributed by atoms with van der Waals surface area (Å²) in [5.41, 5.74) is 5.50. The molecule has 0 aromatic heterocycles. The molecule has 0 N–H and O–H groups in total. The molecule has 0 aliphatic heterocycles. The second-order valence-electron chi connectivity index (χ2n) is 9.19. The summed E-state index contributed by atoms with van der Waals surface area (Å²) < 4.78 is 0. The number of benzene rings is 2. The smallest absolute Gasteiger partial charge is 0.101 e. The molecule has 2 aromatic carbocycles. The summed E-state index contributed by atoms with van der Waals surface area (Å²) >= 11 is 0. The minimum Gasteiger partial charge on any atom is -0.192 e. The van der Waals surface area contributed by atoms with E-state index in [4.69, 9.17) is 0 Å². The van der Waals surface area contributed by atoms with Crippen molar-refractivity contribution in [3.8, 4) is 23.3 Å². The van der Waals surface area contributed by atoms with E-state index in [0.717, 1.165) is 41.9 Å². The second-order valence-corrected chi connectivity index (χ2v) is 9.19. The van der Waals surface area contributed by atoms with Crippen molar-refractivity contribution in [1.82, 2.24) is 0 Å². The average Bonchev–Trinajstić information content (AvgIpc) is 2.82.